The summed E-state index contributed by atoms with van der Waals surface area (Å²) in [5.41, 5.74) is 5.95. The SMILES string of the molecule is Nc1c(S(=O)(=O)O)ccc2c(C(=O)OC(=O)c3cccc4ccccc34)cccc12. The summed E-state index contributed by atoms with van der Waals surface area (Å²) in [7, 11) is -4.53. The van der Waals surface area contributed by atoms with E-state index in [0.717, 1.165) is 11.5 Å². The summed E-state index contributed by atoms with van der Waals surface area (Å²) < 4.78 is 37.3. The third-order valence-corrected chi connectivity index (χ3v) is 5.67. The first-order valence-corrected chi connectivity index (χ1v) is 10.2. The van der Waals surface area contributed by atoms with Crippen LogP contribution in [0.2, 0.25) is 0 Å². The molecule has 0 aromatic heterocycles. The normalized spacial score (nSPS) is 11.5. The lowest BCUT2D eigenvalue weighted by Crippen LogP contribution is -2.14. The maximum absolute atomic E-state index is 12.7. The number of rotatable bonds is 3. The van der Waals surface area contributed by atoms with E-state index in [4.69, 9.17) is 10.5 Å². The van der Waals surface area contributed by atoms with Gasteiger partial charge < -0.3 is 10.5 Å². The summed E-state index contributed by atoms with van der Waals surface area (Å²) in [6, 6.07) is 19.2. The molecule has 4 rings (SSSR count). The van der Waals surface area contributed by atoms with Crippen molar-refractivity contribution >= 4 is 49.3 Å². The molecule has 0 radical (unpaired) electrons. The van der Waals surface area contributed by atoms with Crippen molar-refractivity contribution in [1.29, 1.82) is 0 Å². The molecule has 0 aliphatic rings. The molecule has 0 saturated heterocycles. The Kier molecular flexibility index (Phi) is 4.73. The average Bonchev–Trinajstić information content (AvgIpc) is 2.72. The van der Waals surface area contributed by atoms with E-state index in [1.54, 1.807) is 24.3 Å². The number of benzene rings is 4. The molecule has 4 aromatic carbocycles. The predicted octanol–water partition coefficient (Wildman–Crippen LogP) is 3.82. The average molecular weight is 421 g/mol. The van der Waals surface area contributed by atoms with Crippen LogP contribution in [0.4, 0.5) is 5.69 Å². The van der Waals surface area contributed by atoms with Crippen LogP contribution >= 0.6 is 0 Å². The highest BCUT2D eigenvalue weighted by atomic mass is 32.2. The van der Waals surface area contributed by atoms with Crippen LogP contribution < -0.4 is 5.73 Å². The van der Waals surface area contributed by atoms with Crippen molar-refractivity contribution in [2.24, 2.45) is 0 Å². The summed E-state index contributed by atoms with van der Waals surface area (Å²) in [5.74, 6) is -1.71. The van der Waals surface area contributed by atoms with Gasteiger partial charge in [0, 0.05) is 5.39 Å². The van der Waals surface area contributed by atoms with E-state index in [2.05, 4.69) is 0 Å². The Morgan fingerprint density at radius 1 is 0.733 bits per heavy atom. The van der Waals surface area contributed by atoms with E-state index in [9.17, 15) is 22.6 Å². The van der Waals surface area contributed by atoms with Crippen molar-refractivity contribution in [3.8, 4) is 0 Å². The van der Waals surface area contributed by atoms with E-state index >= 15 is 0 Å². The standard InChI is InChI=1S/C22H15NO6S/c23-20-16-8-4-10-18(15(16)11-12-19(20)30(26,27)28)22(25)29-21(24)17-9-3-6-13-5-1-2-7-14(13)17/h1-12H,23H2,(H,26,27,28). The van der Waals surface area contributed by atoms with Crippen molar-refractivity contribution in [2.75, 3.05) is 5.73 Å². The lowest BCUT2D eigenvalue weighted by molar-refractivity contribution is 0.0400. The monoisotopic (exact) mass is 421 g/mol. The fourth-order valence-electron chi connectivity index (χ4n) is 3.36. The van der Waals surface area contributed by atoms with E-state index < -0.39 is 27.0 Å². The number of anilines is 1. The second kappa shape index (κ2) is 7.25. The van der Waals surface area contributed by atoms with Crippen molar-refractivity contribution in [1.82, 2.24) is 0 Å². The van der Waals surface area contributed by atoms with Crippen molar-refractivity contribution < 1.29 is 27.3 Å². The Balaban J connectivity index is 1.73. The Morgan fingerprint density at radius 2 is 1.30 bits per heavy atom. The first-order valence-electron chi connectivity index (χ1n) is 8.80. The molecule has 0 unspecified atom stereocenters. The largest absolute Gasteiger partial charge is 0.397 e. The van der Waals surface area contributed by atoms with Crippen LogP contribution in [0.3, 0.4) is 0 Å². The van der Waals surface area contributed by atoms with E-state index in [1.807, 2.05) is 18.2 Å². The molecular weight excluding hydrogens is 406 g/mol. The van der Waals surface area contributed by atoms with Gasteiger partial charge in [0.2, 0.25) is 0 Å². The Labute approximate surface area is 171 Å². The quantitative estimate of drug-likeness (QED) is 0.223. The molecule has 0 amide bonds. The molecular formula is C22H15NO6S. The Hall–Kier alpha value is -3.75. The second-order valence-corrected chi connectivity index (χ2v) is 7.95. The second-order valence-electron chi connectivity index (χ2n) is 6.56. The highest BCUT2D eigenvalue weighted by Crippen LogP contribution is 2.30. The highest BCUT2D eigenvalue weighted by molar-refractivity contribution is 7.86. The van der Waals surface area contributed by atoms with Gasteiger partial charge in [-0.3, -0.25) is 4.55 Å². The molecule has 3 N–H and O–H groups in total. The van der Waals surface area contributed by atoms with Crippen LogP contribution in [0.25, 0.3) is 21.5 Å². The van der Waals surface area contributed by atoms with Crippen LogP contribution in [-0.4, -0.2) is 24.9 Å². The van der Waals surface area contributed by atoms with E-state index in [1.165, 1.54) is 24.3 Å². The van der Waals surface area contributed by atoms with Gasteiger partial charge in [0.15, 0.2) is 0 Å². The molecule has 0 spiro atoms. The van der Waals surface area contributed by atoms with Gasteiger partial charge in [-0.25, -0.2) is 9.59 Å². The topological polar surface area (TPSA) is 124 Å². The van der Waals surface area contributed by atoms with Crippen molar-refractivity contribution in [3.05, 3.63) is 83.9 Å². The zero-order valence-corrected chi connectivity index (χ0v) is 16.2. The fraction of sp³-hybridized carbons (Fsp3) is 0. The molecule has 0 atom stereocenters. The third kappa shape index (κ3) is 3.38. The molecule has 0 aliphatic heterocycles. The summed E-state index contributed by atoms with van der Waals surface area (Å²) in [6.45, 7) is 0. The van der Waals surface area contributed by atoms with E-state index in [-0.39, 0.29) is 27.6 Å². The molecule has 4 aromatic rings. The number of carbonyl (C=O) groups excluding carboxylic acids is 2. The van der Waals surface area contributed by atoms with Crippen LogP contribution in [0.5, 0.6) is 0 Å². The number of hydrogen-bond acceptors (Lipinski definition) is 6. The maximum atomic E-state index is 12.7. The molecule has 0 heterocycles. The van der Waals surface area contributed by atoms with Crippen LogP contribution in [-0.2, 0) is 14.9 Å². The van der Waals surface area contributed by atoms with Gasteiger partial charge in [0.1, 0.15) is 4.90 Å². The van der Waals surface area contributed by atoms with Gasteiger partial charge in [0.25, 0.3) is 10.1 Å². The Bertz CT molecular complexity index is 1440. The minimum Gasteiger partial charge on any atom is -0.397 e. The number of nitrogen functional groups attached to an aromatic ring is 1. The van der Waals surface area contributed by atoms with Gasteiger partial charge in [-0.2, -0.15) is 8.42 Å². The Morgan fingerprint density at radius 3 is 2.00 bits per heavy atom. The number of esters is 2. The number of carbonyl (C=O) groups is 2. The number of nitrogens with two attached hydrogens (primary N) is 1. The van der Waals surface area contributed by atoms with Crippen LogP contribution in [0, 0.1) is 0 Å². The zero-order chi connectivity index (χ0) is 21.5. The lowest BCUT2D eigenvalue weighted by Gasteiger charge is -2.11. The van der Waals surface area contributed by atoms with Gasteiger partial charge in [0.05, 0.1) is 16.8 Å². The molecule has 0 saturated carbocycles. The van der Waals surface area contributed by atoms with Gasteiger partial charge in [-0.05, 0) is 34.4 Å². The highest BCUT2D eigenvalue weighted by Gasteiger charge is 2.21. The number of fused-ring (bicyclic) bond motifs is 2. The third-order valence-electron chi connectivity index (χ3n) is 4.76. The molecule has 0 bridgehead atoms. The summed E-state index contributed by atoms with van der Waals surface area (Å²) in [5, 5.41) is 2.00. The lowest BCUT2D eigenvalue weighted by atomic mass is 10.0. The number of hydrogen-bond donors (Lipinski definition) is 2. The first kappa shape index (κ1) is 19.6. The van der Waals surface area contributed by atoms with Crippen LogP contribution in [0.1, 0.15) is 20.7 Å². The smallest absolute Gasteiger partial charge is 0.346 e. The first-order chi connectivity index (χ1) is 14.3. The summed E-state index contributed by atoms with van der Waals surface area (Å²) >= 11 is 0. The van der Waals surface area contributed by atoms with Crippen molar-refractivity contribution in [2.45, 2.75) is 4.90 Å². The van der Waals surface area contributed by atoms with Gasteiger partial charge in [-0.1, -0.05) is 54.6 Å². The summed E-state index contributed by atoms with van der Waals surface area (Å²) in [4.78, 5) is 24.9. The zero-order valence-electron chi connectivity index (χ0n) is 15.4. The molecule has 0 aliphatic carbocycles. The van der Waals surface area contributed by atoms with E-state index in [0.29, 0.717) is 5.39 Å². The maximum Gasteiger partial charge on any atom is 0.346 e. The van der Waals surface area contributed by atoms with Crippen LogP contribution in [0.15, 0.2) is 77.7 Å². The molecule has 8 heteroatoms. The van der Waals surface area contributed by atoms with Gasteiger partial charge >= 0.3 is 11.9 Å². The molecule has 30 heavy (non-hydrogen) atoms. The predicted molar refractivity (Wildman–Crippen MR) is 112 cm³/mol. The molecule has 7 nitrogen and oxygen atoms in total. The molecule has 0 fully saturated rings. The fourth-order valence-corrected chi connectivity index (χ4v) is 3.99. The van der Waals surface area contributed by atoms with Crippen molar-refractivity contribution in [3.63, 3.8) is 0 Å². The minimum absolute atomic E-state index is 0.0367. The number of ether oxygens (including phenoxy) is 1. The summed E-state index contributed by atoms with van der Waals surface area (Å²) in [6.07, 6.45) is 0. The van der Waals surface area contributed by atoms with Gasteiger partial charge in [-0.15, -0.1) is 0 Å². The molecule has 150 valence electrons. The minimum atomic E-state index is -4.53.